The van der Waals surface area contributed by atoms with Crippen LogP contribution < -0.4 is 10.6 Å². The fourth-order valence-electron chi connectivity index (χ4n) is 2.06. The van der Waals surface area contributed by atoms with Crippen molar-refractivity contribution in [1.82, 2.24) is 0 Å². The van der Waals surface area contributed by atoms with E-state index >= 15 is 0 Å². The number of carbonyl (C=O) groups excluding carboxylic acids is 2. The van der Waals surface area contributed by atoms with E-state index in [-0.39, 0.29) is 11.8 Å². The van der Waals surface area contributed by atoms with Gasteiger partial charge in [0.1, 0.15) is 0 Å². The molecule has 2 aromatic rings. The Bertz CT molecular complexity index is 762. The molecule has 0 heterocycles. The van der Waals surface area contributed by atoms with Crippen LogP contribution in [0.5, 0.6) is 0 Å². The van der Waals surface area contributed by atoms with Crippen molar-refractivity contribution < 1.29 is 9.59 Å². The van der Waals surface area contributed by atoms with E-state index < -0.39 is 0 Å². The van der Waals surface area contributed by atoms with Gasteiger partial charge in [-0.15, -0.1) is 11.8 Å². The van der Waals surface area contributed by atoms with Crippen molar-refractivity contribution in [2.75, 3.05) is 16.9 Å². The maximum atomic E-state index is 12.5. The summed E-state index contributed by atoms with van der Waals surface area (Å²) >= 11 is 7.75. The lowest BCUT2D eigenvalue weighted by atomic mass is 10.1. The molecule has 2 rings (SSSR count). The Labute approximate surface area is 144 Å². The van der Waals surface area contributed by atoms with Crippen LogP contribution in [-0.4, -0.2) is 18.1 Å². The van der Waals surface area contributed by atoms with Crippen molar-refractivity contribution in [2.45, 2.75) is 18.7 Å². The highest BCUT2D eigenvalue weighted by atomic mass is 35.5. The molecule has 120 valence electrons. The zero-order valence-electron chi connectivity index (χ0n) is 13.1. The third kappa shape index (κ3) is 4.50. The SMILES string of the molecule is CSc1ccc(C)c(C(=O)Nc2ccc(NC(C)=O)cc2Cl)c1. The van der Waals surface area contributed by atoms with Crippen LogP contribution in [0.3, 0.4) is 0 Å². The number of carbonyl (C=O) groups is 2. The van der Waals surface area contributed by atoms with Crippen LogP contribution in [0, 0.1) is 6.92 Å². The highest BCUT2D eigenvalue weighted by Gasteiger charge is 2.12. The lowest BCUT2D eigenvalue weighted by Gasteiger charge is -2.11. The first-order valence-electron chi connectivity index (χ1n) is 6.94. The molecule has 23 heavy (non-hydrogen) atoms. The summed E-state index contributed by atoms with van der Waals surface area (Å²) in [5, 5.41) is 5.81. The lowest BCUT2D eigenvalue weighted by molar-refractivity contribution is -0.114. The number of nitrogens with one attached hydrogen (secondary N) is 2. The van der Waals surface area contributed by atoms with Gasteiger partial charge in [0.15, 0.2) is 0 Å². The van der Waals surface area contributed by atoms with Gasteiger partial charge in [-0.2, -0.15) is 0 Å². The average molecular weight is 349 g/mol. The van der Waals surface area contributed by atoms with Gasteiger partial charge in [0, 0.05) is 23.1 Å². The third-order valence-electron chi connectivity index (χ3n) is 3.23. The van der Waals surface area contributed by atoms with E-state index in [1.165, 1.54) is 6.92 Å². The molecule has 0 unspecified atom stereocenters. The summed E-state index contributed by atoms with van der Waals surface area (Å²) in [5.74, 6) is -0.394. The summed E-state index contributed by atoms with van der Waals surface area (Å²) in [6.45, 7) is 3.31. The molecule has 2 aromatic carbocycles. The average Bonchev–Trinajstić information content (AvgIpc) is 2.49. The molecular formula is C17H17ClN2O2S. The second kappa shape index (κ2) is 7.53. The third-order valence-corrected chi connectivity index (χ3v) is 4.27. The Morgan fingerprint density at radius 3 is 2.43 bits per heavy atom. The van der Waals surface area contributed by atoms with Crippen molar-refractivity contribution >= 4 is 46.6 Å². The summed E-state index contributed by atoms with van der Waals surface area (Å²) in [5.41, 5.74) is 2.59. The molecule has 0 bridgehead atoms. The smallest absolute Gasteiger partial charge is 0.256 e. The Hall–Kier alpha value is -1.98. The molecule has 0 spiro atoms. The molecule has 0 saturated carbocycles. The second-order valence-corrected chi connectivity index (χ2v) is 6.30. The van der Waals surface area contributed by atoms with Gasteiger partial charge in [-0.3, -0.25) is 9.59 Å². The number of aryl methyl sites for hydroxylation is 1. The van der Waals surface area contributed by atoms with E-state index in [1.807, 2.05) is 31.4 Å². The number of halogens is 1. The standard InChI is InChI=1S/C17H17ClN2O2S/c1-10-4-6-13(23-3)9-14(10)17(22)20-16-7-5-12(8-15(16)18)19-11(2)21/h4-9H,1-3H3,(H,19,21)(H,20,22). The fourth-order valence-corrected chi connectivity index (χ4v) is 2.73. The van der Waals surface area contributed by atoms with Gasteiger partial charge in [-0.25, -0.2) is 0 Å². The molecule has 0 saturated heterocycles. The number of hydrogen-bond acceptors (Lipinski definition) is 3. The highest BCUT2D eigenvalue weighted by molar-refractivity contribution is 7.98. The summed E-state index contributed by atoms with van der Waals surface area (Å²) in [6, 6.07) is 10.7. The molecule has 6 heteroatoms. The largest absolute Gasteiger partial charge is 0.326 e. The van der Waals surface area contributed by atoms with E-state index in [0.717, 1.165) is 10.5 Å². The predicted octanol–water partition coefficient (Wildman–Crippen LogP) is 4.58. The number of rotatable bonds is 4. The Morgan fingerprint density at radius 2 is 1.83 bits per heavy atom. The molecule has 2 N–H and O–H groups in total. The number of hydrogen-bond donors (Lipinski definition) is 2. The summed E-state index contributed by atoms with van der Waals surface area (Å²) < 4.78 is 0. The van der Waals surface area contributed by atoms with E-state index in [9.17, 15) is 9.59 Å². The summed E-state index contributed by atoms with van der Waals surface area (Å²) in [7, 11) is 0. The molecule has 4 nitrogen and oxygen atoms in total. The molecular weight excluding hydrogens is 332 g/mol. The van der Waals surface area contributed by atoms with Gasteiger partial charge in [-0.1, -0.05) is 17.7 Å². The molecule has 0 aliphatic carbocycles. The zero-order valence-corrected chi connectivity index (χ0v) is 14.6. The monoisotopic (exact) mass is 348 g/mol. The lowest BCUT2D eigenvalue weighted by Crippen LogP contribution is -2.14. The van der Waals surface area contributed by atoms with Crippen LogP contribution in [0.4, 0.5) is 11.4 Å². The van der Waals surface area contributed by atoms with Crippen LogP contribution in [0.1, 0.15) is 22.8 Å². The van der Waals surface area contributed by atoms with Crippen LogP contribution in [0.15, 0.2) is 41.3 Å². The molecule has 0 aromatic heterocycles. The van der Waals surface area contributed by atoms with Gasteiger partial charge in [-0.05, 0) is 49.1 Å². The first kappa shape index (κ1) is 17.4. The molecule has 0 radical (unpaired) electrons. The van der Waals surface area contributed by atoms with E-state index in [1.54, 1.807) is 30.0 Å². The minimum Gasteiger partial charge on any atom is -0.326 e. The van der Waals surface area contributed by atoms with Gasteiger partial charge >= 0.3 is 0 Å². The van der Waals surface area contributed by atoms with Crippen LogP contribution in [0.25, 0.3) is 0 Å². The van der Waals surface area contributed by atoms with Crippen LogP contribution >= 0.6 is 23.4 Å². The predicted molar refractivity (Wildman–Crippen MR) is 96.7 cm³/mol. The van der Waals surface area contributed by atoms with Gasteiger partial charge in [0.25, 0.3) is 5.91 Å². The topological polar surface area (TPSA) is 58.2 Å². The second-order valence-electron chi connectivity index (χ2n) is 5.01. The van der Waals surface area contributed by atoms with Gasteiger partial charge < -0.3 is 10.6 Å². The Morgan fingerprint density at radius 1 is 1.09 bits per heavy atom. The Balaban J connectivity index is 2.22. The maximum absolute atomic E-state index is 12.5. The van der Waals surface area contributed by atoms with Crippen molar-refractivity contribution in [2.24, 2.45) is 0 Å². The minimum atomic E-state index is -0.215. The van der Waals surface area contributed by atoms with Crippen LogP contribution in [-0.2, 0) is 4.79 Å². The normalized spacial score (nSPS) is 10.3. The Kier molecular flexibility index (Phi) is 5.69. The molecule has 0 fully saturated rings. The summed E-state index contributed by atoms with van der Waals surface area (Å²) in [6.07, 6.45) is 1.96. The van der Waals surface area contributed by atoms with E-state index in [4.69, 9.17) is 11.6 Å². The zero-order chi connectivity index (χ0) is 17.0. The van der Waals surface area contributed by atoms with Gasteiger partial charge in [0.05, 0.1) is 10.7 Å². The van der Waals surface area contributed by atoms with Crippen LogP contribution in [0.2, 0.25) is 5.02 Å². The molecule has 0 aliphatic rings. The fraction of sp³-hybridized carbons (Fsp3) is 0.176. The maximum Gasteiger partial charge on any atom is 0.256 e. The van der Waals surface area contributed by atoms with Crippen molar-refractivity contribution in [3.05, 3.63) is 52.5 Å². The molecule has 0 aliphatic heterocycles. The number of benzene rings is 2. The quantitative estimate of drug-likeness (QED) is 0.795. The van der Waals surface area contributed by atoms with Crippen molar-refractivity contribution in [1.29, 1.82) is 0 Å². The minimum absolute atomic E-state index is 0.178. The first-order valence-corrected chi connectivity index (χ1v) is 8.54. The number of anilines is 2. The molecule has 2 amide bonds. The van der Waals surface area contributed by atoms with Gasteiger partial charge in [0.2, 0.25) is 5.91 Å². The van der Waals surface area contributed by atoms with E-state index in [2.05, 4.69) is 10.6 Å². The van der Waals surface area contributed by atoms with E-state index in [0.29, 0.717) is 22.0 Å². The van der Waals surface area contributed by atoms with Crippen molar-refractivity contribution in [3.63, 3.8) is 0 Å². The first-order chi connectivity index (χ1) is 10.9. The number of thioether (sulfide) groups is 1. The highest BCUT2D eigenvalue weighted by Crippen LogP contribution is 2.27. The number of amides is 2. The molecule has 0 atom stereocenters. The van der Waals surface area contributed by atoms with Crippen molar-refractivity contribution in [3.8, 4) is 0 Å². The summed E-state index contributed by atoms with van der Waals surface area (Å²) in [4.78, 5) is 24.5.